The molecule has 42 heavy (non-hydrogen) atoms. The number of imidazole rings is 1. The average molecular weight is 585 g/mol. The molecule has 0 saturated carbocycles. The summed E-state index contributed by atoms with van der Waals surface area (Å²) in [6, 6.07) is 10.4. The van der Waals surface area contributed by atoms with Crippen LogP contribution in [0.5, 0.6) is 0 Å². The van der Waals surface area contributed by atoms with Gasteiger partial charge in [-0.2, -0.15) is 0 Å². The molecule has 3 aromatic heterocycles. The molecular formula is C30H26F2N8OS. The van der Waals surface area contributed by atoms with E-state index >= 15 is 0 Å². The number of amides is 1. The van der Waals surface area contributed by atoms with Crippen LogP contribution in [0.4, 0.5) is 20.5 Å². The highest BCUT2D eigenvalue weighted by Crippen LogP contribution is 2.33. The van der Waals surface area contributed by atoms with Crippen LogP contribution in [0, 0.1) is 11.6 Å². The number of aromatic nitrogens is 3. The van der Waals surface area contributed by atoms with Gasteiger partial charge in [-0.25, -0.2) is 23.7 Å². The summed E-state index contributed by atoms with van der Waals surface area (Å²) < 4.78 is 28.7. The standard InChI is InChI=1S/C30H26F2N8OS/c1-17(18-4-7-22(31)23(32)13-18)38-29(41)21-3-2-10-34-28(21)37-15-20-6-9-26(42-20)19-5-8-24-25(14-19)39-27(16-36-24)40-12-11-35-30(40)33/h2-7,9-14,16-17,24H,8,15H2,1H3,(H2,33,35)(H,34,37)(H,38,41). The minimum Gasteiger partial charge on any atom is -0.369 e. The Morgan fingerprint density at radius 3 is 2.86 bits per heavy atom. The number of nitrogens with one attached hydrogen (secondary N) is 2. The Morgan fingerprint density at radius 1 is 1.17 bits per heavy atom. The lowest BCUT2D eigenvalue weighted by Gasteiger charge is -2.21. The third-order valence-corrected chi connectivity index (χ3v) is 8.09. The number of benzene rings is 1. The number of anilines is 2. The summed E-state index contributed by atoms with van der Waals surface area (Å²) in [7, 11) is 0. The number of nitrogens with zero attached hydrogens (tertiary/aromatic N) is 5. The van der Waals surface area contributed by atoms with Crippen molar-refractivity contribution in [2.24, 2.45) is 9.98 Å². The molecule has 2 aliphatic rings. The molecule has 0 radical (unpaired) electrons. The molecule has 0 bridgehead atoms. The summed E-state index contributed by atoms with van der Waals surface area (Å²) >= 11 is 1.63. The Balaban J connectivity index is 1.12. The van der Waals surface area contributed by atoms with E-state index in [-0.39, 0.29) is 11.9 Å². The van der Waals surface area contributed by atoms with E-state index in [2.05, 4.69) is 43.8 Å². The van der Waals surface area contributed by atoms with E-state index < -0.39 is 17.7 Å². The molecule has 1 aliphatic heterocycles. The van der Waals surface area contributed by atoms with Crippen molar-refractivity contribution in [3.63, 3.8) is 0 Å². The van der Waals surface area contributed by atoms with Crippen LogP contribution in [-0.4, -0.2) is 38.5 Å². The third kappa shape index (κ3) is 5.61. The molecule has 2 atom stereocenters. The quantitative estimate of drug-likeness (QED) is 0.270. The first-order chi connectivity index (χ1) is 20.4. The van der Waals surface area contributed by atoms with Crippen LogP contribution < -0.4 is 16.4 Å². The van der Waals surface area contributed by atoms with Crippen LogP contribution in [0.15, 0.2) is 88.9 Å². The van der Waals surface area contributed by atoms with Gasteiger partial charge in [0.25, 0.3) is 5.91 Å². The first-order valence-corrected chi connectivity index (χ1v) is 14.0. The van der Waals surface area contributed by atoms with Crippen LogP contribution in [-0.2, 0) is 6.54 Å². The molecule has 4 aromatic rings. The van der Waals surface area contributed by atoms with Gasteiger partial charge in [0, 0.05) is 28.3 Å². The molecular weight excluding hydrogens is 558 g/mol. The van der Waals surface area contributed by atoms with Gasteiger partial charge in [0.05, 0.1) is 36.1 Å². The summed E-state index contributed by atoms with van der Waals surface area (Å²) in [4.78, 5) is 33.0. The summed E-state index contributed by atoms with van der Waals surface area (Å²) in [5, 5.41) is 6.09. The fourth-order valence-electron chi connectivity index (χ4n) is 4.70. The zero-order chi connectivity index (χ0) is 29.2. The van der Waals surface area contributed by atoms with Crippen LogP contribution >= 0.6 is 11.3 Å². The van der Waals surface area contributed by atoms with E-state index in [0.717, 1.165) is 39.6 Å². The molecule has 2 unspecified atom stereocenters. The van der Waals surface area contributed by atoms with Crippen molar-refractivity contribution in [3.8, 4) is 0 Å². The van der Waals surface area contributed by atoms with E-state index in [9.17, 15) is 13.6 Å². The first-order valence-electron chi connectivity index (χ1n) is 13.2. The van der Waals surface area contributed by atoms with E-state index in [4.69, 9.17) is 10.7 Å². The molecule has 9 nitrogen and oxygen atoms in total. The number of nitrogens with two attached hydrogens (primary N) is 1. The lowest BCUT2D eigenvalue weighted by atomic mass is 9.98. The molecule has 0 saturated heterocycles. The number of thiophene rings is 1. The van der Waals surface area contributed by atoms with E-state index in [1.807, 2.05) is 6.07 Å². The Bertz CT molecular complexity index is 1790. The third-order valence-electron chi connectivity index (χ3n) is 6.96. The lowest BCUT2D eigenvalue weighted by Crippen LogP contribution is -2.27. The van der Waals surface area contributed by atoms with Gasteiger partial charge in [-0.15, -0.1) is 11.3 Å². The van der Waals surface area contributed by atoms with E-state index in [1.54, 1.807) is 59.8 Å². The Kier molecular flexibility index (Phi) is 7.44. The molecule has 4 heterocycles. The molecule has 0 spiro atoms. The fraction of sp³-hybridized carbons (Fsp3) is 0.167. The number of rotatable bonds is 7. The van der Waals surface area contributed by atoms with Gasteiger partial charge in [0.1, 0.15) is 5.82 Å². The van der Waals surface area contributed by atoms with Crippen molar-refractivity contribution in [3.05, 3.63) is 111 Å². The number of nitrogen functional groups attached to an aromatic ring is 1. The lowest BCUT2D eigenvalue weighted by molar-refractivity contribution is 0.0940. The highest BCUT2D eigenvalue weighted by atomic mass is 32.1. The minimum atomic E-state index is -0.961. The maximum absolute atomic E-state index is 13.7. The molecule has 6 rings (SSSR count). The van der Waals surface area contributed by atoms with Crippen molar-refractivity contribution in [1.82, 2.24) is 19.9 Å². The smallest absolute Gasteiger partial charge is 0.255 e. The molecule has 212 valence electrons. The zero-order valence-electron chi connectivity index (χ0n) is 22.5. The van der Waals surface area contributed by atoms with Gasteiger partial charge < -0.3 is 16.4 Å². The number of pyridine rings is 1. The molecule has 1 amide bonds. The average Bonchev–Trinajstić information content (AvgIpc) is 3.66. The number of carbonyl (C=O) groups is 1. The molecule has 12 heteroatoms. The maximum atomic E-state index is 13.7. The van der Waals surface area contributed by atoms with Crippen molar-refractivity contribution in [1.29, 1.82) is 0 Å². The van der Waals surface area contributed by atoms with E-state index in [0.29, 0.717) is 35.3 Å². The molecule has 4 N–H and O–H groups in total. The number of hydrogen-bond donors (Lipinski definition) is 3. The maximum Gasteiger partial charge on any atom is 0.255 e. The SMILES string of the molecule is CC(NC(=O)c1cccnc1NCc1ccc(C2=CCC3N=CC(n4ccnc4N)=NC3=C2)s1)c1ccc(F)c(F)c1. The normalized spacial score (nSPS) is 16.6. The monoisotopic (exact) mass is 584 g/mol. The summed E-state index contributed by atoms with van der Waals surface area (Å²) in [6.45, 7) is 2.16. The largest absolute Gasteiger partial charge is 0.369 e. The van der Waals surface area contributed by atoms with Crippen molar-refractivity contribution in [2.45, 2.75) is 32.0 Å². The number of fused-ring (bicyclic) bond motifs is 1. The summed E-state index contributed by atoms with van der Waals surface area (Å²) in [6.07, 6.45) is 11.7. The molecule has 1 aromatic carbocycles. The van der Waals surface area contributed by atoms with Gasteiger partial charge in [-0.05, 0) is 67.0 Å². The topological polar surface area (TPSA) is 123 Å². The van der Waals surface area contributed by atoms with Gasteiger partial charge in [0.15, 0.2) is 17.5 Å². The number of carbonyl (C=O) groups excluding carboxylic acids is 1. The van der Waals surface area contributed by atoms with Crippen LogP contribution in [0.1, 0.15) is 45.1 Å². The first kappa shape index (κ1) is 27.2. The molecule has 0 fully saturated rings. The Morgan fingerprint density at radius 2 is 2.05 bits per heavy atom. The summed E-state index contributed by atoms with van der Waals surface area (Å²) in [5.41, 5.74) is 8.68. The van der Waals surface area contributed by atoms with Gasteiger partial charge in [0.2, 0.25) is 5.95 Å². The van der Waals surface area contributed by atoms with Crippen LogP contribution in [0.25, 0.3) is 5.57 Å². The summed E-state index contributed by atoms with van der Waals surface area (Å²) in [5.74, 6) is -0.875. The molecule has 1 aliphatic carbocycles. The zero-order valence-corrected chi connectivity index (χ0v) is 23.3. The van der Waals surface area contributed by atoms with Crippen LogP contribution in [0.3, 0.4) is 0 Å². The second-order valence-electron chi connectivity index (χ2n) is 9.77. The highest BCUT2D eigenvalue weighted by molar-refractivity contribution is 7.13. The number of aliphatic imine (C=N–C) groups is 2. The second-order valence-corrected chi connectivity index (χ2v) is 10.9. The number of halogens is 2. The predicted molar refractivity (Wildman–Crippen MR) is 161 cm³/mol. The van der Waals surface area contributed by atoms with E-state index in [1.165, 1.54) is 6.07 Å². The Hall–Kier alpha value is -4.97. The van der Waals surface area contributed by atoms with Crippen molar-refractivity contribution >= 4 is 46.6 Å². The van der Waals surface area contributed by atoms with Gasteiger partial charge in [-0.1, -0.05) is 12.1 Å². The Labute approximate surface area is 244 Å². The van der Waals surface area contributed by atoms with Gasteiger partial charge >= 0.3 is 0 Å². The number of allylic oxidation sites excluding steroid dienone is 2. The number of hydrogen-bond acceptors (Lipinski definition) is 8. The highest BCUT2D eigenvalue weighted by Gasteiger charge is 2.23. The van der Waals surface area contributed by atoms with Gasteiger partial charge in [-0.3, -0.25) is 14.4 Å². The fourth-order valence-corrected chi connectivity index (χ4v) is 5.66. The van der Waals surface area contributed by atoms with Crippen LogP contribution in [0.2, 0.25) is 0 Å². The minimum absolute atomic E-state index is 0.0260. The second kappa shape index (κ2) is 11.5. The van der Waals surface area contributed by atoms with Crippen molar-refractivity contribution in [2.75, 3.05) is 11.1 Å². The predicted octanol–water partition coefficient (Wildman–Crippen LogP) is 5.37. The van der Waals surface area contributed by atoms with Crippen molar-refractivity contribution < 1.29 is 13.6 Å².